The molecular formula is C21H25N3O6S. The van der Waals surface area contributed by atoms with Gasteiger partial charge in [-0.25, -0.2) is 8.42 Å². The molecule has 0 unspecified atom stereocenters. The Kier molecular flexibility index (Phi) is 8.03. The van der Waals surface area contributed by atoms with Crippen LogP contribution in [-0.4, -0.2) is 39.7 Å². The molecule has 3 N–H and O–H groups in total. The van der Waals surface area contributed by atoms with E-state index in [1.807, 2.05) is 13.8 Å². The first kappa shape index (κ1) is 23.7. The van der Waals surface area contributed by atoms with Crippen molar-refractivity contribution < 1.29 is 27.5 Å². The molecule has 166 valence electrons. The van der Waals surface area contributed by atoms with Crippen LogP contribution in [0.25, 0.3) is 6.08 Å². The number of anilines is 1. The van der Waals surface area contributed by atoms with E-state index in [-0.39, 0.29) is 11.7 Å². The summed E-state index contributed by atoms with van der Waals surface area (Å²) in [5, 5.41) is 0. The lowest BCUT2D eigenvalue weighted by Crippen LogP contribution is -2.40. The number of benzene rings is 2. The van der Waals surface area contributed by atoms with Gasteiger partial charge in [0.25, 0.3) is 11.8 Å². The number of hydrazine groups is 1. The Balaban J connectivity index is 1.92. The largest absolute Gasteiger partial charge is 0.493 e. The number of ether oxygens (including phenoxy) is 2. The fraction of sp³-hybridized carbons (Fsp3) is 0.238. The third kappa shape index (κ3) is 8.01. The van der Waals surface area contributed by atoms with Crippen LogP contribution in [0.2, 0.25) is 0 Å². The zero-order valence-electron chi connectivity index (χ0n) is 17.6. The van der Waals surface area contributed by atoms with E-state index in [0.29, 0.717) is 22.7 Å². The van der Waals surface area contributed by atoms with Crippen LogP contribution >= 0.6 is 0 Å². The van der Waals surface area contributed by atoms with Gasteiger partial charge in [0, 0.05) is 17.3 Å². The normalized spacial score (nSPS) is 11.3. The molecule has 10 heteroatoms. The van der Waals surface area contributed by atoms with Crippen LogP contribution in [0.4, 0.5) is 5.69 Å². The number of hydrogen-bond donors (Lipinski definition) is 3. The monoisotopic (exact) mass is 447 g/mol. The maximum Gasteiger partial charge on any atom is 0.269 e. The third-order valence-electron chi connectivity index (χ3n) is 3.73. The maximum absolute atomic E-state index is 12.3. The molecule has 0 aliphatic rings. The Bertz CT molecular complexity index is 1060. The standard InChI is InChI=1S/C21H25N3O6S/c1-14(2)30-18-11-8-16(13-19(18)29-3)21(26)23-22-20(25)12-7-15-5-9-17(10-6-15)24-31(4,27)28/h5-14,24H,1-4H3,(H,22,25)(H,23,26)/b12-7+. The SMILES string of the molecule is COc1cc(C(=O)NNC(=O)/C=C/c2ccc(NS(C)(=O)=O)cc2)ccc1OC(C)C. The maximum atomic E-state index is 12.3. The first-order valence-corrected chi connectivity index (χ1v) is 11.2. The average molecular weight is 448 g/mol. The highest BCUT2D eigenvalue weighted by atomic mass is 32.2. The smallest absolute Gasteiger partial charge is 0.269 e. The van der Waals surface area contributed by atoms with Crippen molar-refractivity contribution in [2.75, 3.05) is 18.1 Å². The van der Waals surface area contributed by atoms with E-state index in [4.69, 9.17) is 9.47 Å². The van der Waals surface area contributed by atoms with Gasteiger partial charge in [-0.2, -0.15) is 0 Å². The number of carbonyl (C=O) groups excluding carboxylic acids is 2. The van der Waals surface area contributed by atoms with E-state index in [0.717, 1.165) is 6.26 Å². The number of methoxy groups -OCH3 is 1. The zero-order chi connectivity index (χ0) is 23.0. The summed E-state index contributed by atoms with van der Waals surface area (Å²) in [5.74, 6) is -0.147. The summed E-state index contributed by atoms with van der Waals surface area (Å²) in [6, 6.07) is 11.1. The van der Waals surface area contributed by atoms with Gasteiger partial charge in [-0.05, 0) is 55.8 Å². The molecule has 9 nitrogen and oxygen atoms in total. The molecule has 0 bridgehead atoms. The Morgan fingerprint density at radius 2 is 1.68 bits per heavy atom. The highest BCUT2D eigenvalue weighted by molar-refractivity contribution is 7.92. The molecule has 2 aromatic rings. The first-order chi connectivity index (χ1) is 14.6. The topological polar surface area (TPSA) is 123 Å². The summed E-state index contributed by atoms with van der Waals surface area (Å²) >= 11 is 0. The summed E-state index contributed by atoms with van der Waals surface area (Å²) in [7, 11) is -1.88. The highest BCUT2D eigenvalue weighted by Gasteiger charge is 2.12. The van der Waals surface area contributed by atoms with Crippen molar-refractivity contribution in [2.24, 2.45) is 0 Å². The summed E-state index contributed by atoms with van der Waals surface area (Å²) in [6.45, 7) is 3.76. The molecule has 0 aliphatic carbocycles. The van der Waals surface area contributed by atoms with Crippen LogP contribution in [0, 0.1) is 0 Å². The predicted molar refractivity (Wildman–Crippen MR) is 118 cm³/mol. The molecule has 0 saturated heterocycles. The van der Waals surface area contributed by atoms with Crippen molar-refractivity contribution in [3.05, 3.63) is 59.7 Å². The summed E-state index contributed by atoms with van der Waals surface area (Å²) in [4.78, 5) is 24.2. The molecule has 0 aliphatic heterocycles. The lowest BCUT2D eigenvalue weighted by atomic mass is 10.2. The van der Waals surface area contributed by atoms with E-state index < -0.39 is 21.8 Å². The van der Waals surface area contributed by atoms with E-state index in [1.54, 1.807) is 36.4 Å². The van der Waals surface area contributed by atoms with Gasteiger partial charge < -0.3 is 9.47 Å². The Morgan fingerprint density at radius 1 is 1.00 bits per heavy atom. The molecule has 2 rings (SSSR count). The van der Waals surface area contributed by atoms with E-state index in [1.165, 1.54) is 25.3 Å². The second kappa shape index (κ2) is 10.5. The summed E-state index contributed by atoms with van der Waals surface area (Å²) in [6.07, 6.45) is 3.77. The molecule has 0 radical (unpaired) electrons. The lowest BCUT2D eigenvalue weighted by molar-refractivity contribution is -0.117. The van der Waals surface area contributed by atoms with Crippen molar-refractivity contribution in [1.82, 2.24) is 10.9 Å². The molecule has 2 amide bonds. The number of nitrogens with one attached hydrogen (secondary N) is 3. The van der Waals surface area contributed by atoms with Crippen LogP contribution < -0.4 is 25.0 Å². The van der Waals surface area contributed by atoms with Crippen molar-refractivity contribution in [2.45, 2.75) is 20.0 Å². The van der Waals surface area contributed by atoms with Crippen molar-refractivity contribution in [3.8, 4) is 11.5 Å². The van der Waals surface area contributed by atoms with Crippen molar-refractivity contribution >= 4 is 33.6 Å². The second-order valence-electron chi connectivity index (χ2n) is 6.81. The predicted octanol–water partition coefficient (Wildman–Crippen LogP) is 2.33. The number of rotatable bonds is 8. The Hall–Kier alpha value is -3.53. The fourth-order valence-electron chi connectivity index (χ4n) is 2.44. The zero-order valence-corrected chi connectivity index (χ0v) is 18.4. The first-order valence-electron chi connectivity index (χ1n) is 9.28. The second-order valence-corrected chi connectivity index (χ2v) is 8.55. The Labute approximate surface area is 181 Å². The van der Waals surface area contributed by atoms with Crippen LogP contribution in [0.1, 0.15) is 29.8 Å². The minimum absolute atomic E-state index is 0.0493. The van der Waals surface area contributed by atoms with Gasteiger partial charge in [-0.1, -0.05) is 12.1 Å². The number of sulfonamides is 1. The summed E-state index contributed by atoms with van der Waals surface area (Å²) < 4.78 is 35.6. The fourth-order valence-corrected chi connectivity index (χ4v) is 3.00. The van der Waals surface area contributed by atoms with Crippen LogP contribution in [0.3, 0.4) is 0 Å². The molecule has 0 fully saturated rings. The Morgan fingerprint density at radius 3 is 2.26 bits per heavy atom. The van der Waals surface area contributed by atoms with Crippen LogP contribution in [0.15, 0.2) is 48.5 Å². The molecule has 0 spiro atoms. The van der Waals surface area contributed by atoms with E-state index in [2.05, 4.69) is 15.6 Å². The van der Waals surface area contributed by atoms with Gasteiger partial charge in [0.15, 0.2) is 11.5 Å². The molecule has 31 heavy (non-hydrogen) atoms. The van der Waals surface area contributed by atoms with Gasteiger partial charge >= 0.3 is 0 Å². The van der Waals surface area contributed by atoms with Crippen molar-refractivity contribution in [1.29, 1.82) is 0 Å². The van der Waals surface area contributed by atoms with Crippen molar-refractivity contribution in [3.63, 3.8) is 0 Å². The third-order valence-corrected chi connectivity index (χ3v) is 4.34. The van der Waals surface area contributed by atoms with Gasteiger partial charge in [0.2, 0.25) is 10.0 Å². The molecule has 0 aromatic heterocycles. The van der Waals surface area contributed by atoms with Gasteiger partial charge in [0.1, 0.15) is 0 Å². The number of hydrogen-bond acceptors (Lipinski definition) is 6. The van der Waals surface area contributed by atoms with Gasteiger partial charge in [0.05, 0.1) is 19.5 Å². The average Bonchev–Trinajstić information content (AvgIpc) is 2.70. The highest BCUT2D eigenvalue weighted by Crippen LogP contribution is 2.28. The molecule has 2 aromatic carbocycles. The minimum Gasteiger partial charge on any atom is -0.493 e. The molecule has 0 saturated carbocycles. The van der Waals surface area contributed by atoms with Gasteiger partial charge in [-0.3, -0.25) is 25.2 Å². The van der Waals surface area contributed by atoms with Crippen LogP contribution in [0.5, 0.6) is 11.5 Å². The number of amides is 2. The van der Waals surface area contributed by atoms with Crippen LogP contribution in [-0.2, 0) is 14.8 Å². The number of carbonyl (C=O) groups is 2. The molecule has 0 atom stereocenters. The minimum atomic E-state index is -3.35. The molecular weight excluding hydrogens is 422 g/mol. The lowest BCUT2D eigenvalue weighted by Gasteiger charge is -2.14. The molecule has 0 heterocycles. The quantitative estimate of drug-likeness (QED) is 0.422. The summed E-state index contributed by atoms with van der Waals surface area (Å²) in [5.41, 5.74) is 5.98. The van der Waals surface area contributed by atoms with E-state index in [9.17, 15) is 18.0 Å². The van der Waals surface area contributed by atoms with Gasteiger partial charge in [-0.15, -0.1) is 0 Å². The van der Waals surface area contributed by atoms with E-state index >= 15 is 0 Å².